The van der Waals surface area contributed by atoms with Gasteiger partial charge < -0.3 is 0 Å². The number of unbranched alkanes of at least 4 members (excludes halogenated alkanes) is 1. The van der Waals surface area contributed by atoms with Gasteiger partial charge >= 0.3 is 5.97 Å². The first-order chi connectivity index (χ1) is 6.70. The van der Waals surface area contributed by atoms with Gasteiger partial charge in [-0.1, -0.05) is 20.3 Å². The van der Waals surface area contributed by atoms with Crippen molar-refractivity contribution in [2.75, 3.05) is 6.61 Å². The third kappa shape index (κ3) is 7.73. The van der Waals surface area contributed by atoms with E-state index in [-0.39, 0.29) is 12.2 Å². The molecule has 0 amide bonds. The summed E-state index contributed by atoms with van der Waals surface area (Å²) in [7, 11) is 0. The van der Waals surface area contributed by atoms with Gasteiger partial charge in [0.25, 0.3) is 0 Å². The molecule has 0 aliphatic carbocycles. The lowest BCUT2D eigenvalue weighted by Gasteiger charge is -2.01. The zero-order valence-corrected chi connectivity index (χ0v) is 8.88. The Morgan fingerprint density at radius 2 is 1.86 bits per heavy atom. The second-order valence-electron chi connectivity index (χ2n) is 3.10. The van der Waals surface area contributed by atoms with Gasteiger partial charge in [-0.05, 0) is 12.8 Å². The van der Waals surface area contributed by atoms with E-state index in [1.807, 2.05) is 13.8 Å². The lowest BCUT2D eigenvalue weighted by molar-refractivity contribution is -0.272. The average molecular weight is 202 g/mol. The predicted octanol–water partition coefficient (Wildman–Crippen LogP) is 2.02. The molecule has 0 saturated carbocycles. The molecule has 82 valence electrons. The minimum Gasteiger partial charge on any atom is -0.299 e. The SMILES string of the molecule is CCCCOOC(=O)CC(=O)CCC. The zero-order chi connectivity index (χ0) is 10.8. The van der Waals surface area contributed by atoms with Gasteiger partial charge in [0.15, 0.2) is 0 Å². The Kier molecular flexibility index (Phi) is 8.13. The highest BCUT2D eigenvalue weighted by molar-refractivity contribution is 5.95. The minimum atomic E-state index is -0.598. The molecule has 0 aromatic carbocycles. The van der Waals surface area contributed by atoms with E-state index in [9.17, 15) is 9.59 Å². The summed E-state index contributed by atoms with van der Waals surface area (Å²) in [5.41, 5.74) is 0. The third-order valence-corrected chi connectivity index (χ3v) is 1.60. The Labute approximate surface area is 84.5 Å². The van der Waals surface area contributed by atoms with E-state index in [0.717, 1.165) is 19.3 Å². The van der Waals surface area contributed by atoms with Crippen LogP contribution in [0.2, 0.25) is 0 Å². The maximum Gasteiger partial charge on any atom is 0.349 e. The topological polar surface area (TPSA) is 52.6 Å². The zero-order valence-electron chi connectivity index (χ0n) is 8.88. The van der Waals surface area contributed by atoms with Crippen LogP contribution in [0.15, 0.2) is 0 Å². The van der Waals surface area contributed by atoms with Crippen molar-refractivity contribution >= 4 is 11.8 Å². The van der Waals surface area contributed by atoms with Gasteiger partial charge in [-0.25, -0.2) is 4.79 Å². The molecule has 0 fully saturated rings. The van der Waals surface area contributed by atoms with Crippen LogP contribution < -0.4 is 0 Å². The van der Waals surface area contributed by atoms with E-state index in [1.54, 1.807) is 0 Å². The fourth-order valence-corrected chi connectivity index (χ4v) is 0.868. The van der Waals surface area contributed by atoms with E-state index < -0.39 is 5.97 Å². The molecule has 0 aromatic rings. The smallest absolute Gasteiger partial charge is 0.299 e. The molecule has 4 heteroatoms. The van der Waals surface area contributed by atoms with E-state index in [1.165, 1.54) is 0 Å². The Hall–Kier alpha value is -0.900. The van der Waals surface area contributed by atoms with Gasteiger partial charge in [0, 0.05) is 6.42 Å². The first kappa shape index (κ1) is 13.1. The average Bonchev–Trinajstić information content (AvgIpc) is 2.13. The molecular formula is C10H18O4. The van der Waals surface area contributed by atoms with Crippen molar-refractivity contribution in [2.24, 2.45) is 0 Å². The van der Waals surface area contributed by atoms with Crippen molar-refractivity contribution in [1.29, 1.82) is 0 Å². The van der Waals surface area contributed by atoms with Gasteiger partial charge in [0.05, 0.1) is 6.61 Å². The van der Waals surface area contributed by atoms with Crippen LogP contribution in [0.25, 0.3) is 0 Å². The van der Waals surface area contributed by atoms with Gasteiger partial charge in [-0.15, -0.1) is 0 Å². The summed E-state index contributed by atoms with van der Waals surface area (Å²) in [5, 5.41) is 0. The standard InChI is InChI=1S/C10H18O4/c1-3-5-7-13-14-10(12)8-9(11)6-4-2/h3-8H2,1-2H3. The fourth-order valence-electron chi connectivity index (χ4n) is 0.868. The van der Waals surface area contributed by atoms with Gasteiger partial charge in [0.1, 0.15) is 12.2 Å². The Morgan fingerprint density at radius 1 is 1.14 bits per heavy atom. The van der Waals surface area contributed by atoms with Gasteiger partial charge in [0.2, 0.25) is 0 Å². The number of hydrogen-bond acceptors (Lipinski definition) is 4. The summed E-state index contributed by atoms with van der Waals surface area (Å²) in [6, 6.07) is 0. The van der Waals surface area contributed by atoms with Crippen LogP contribution in [0, 0.1) is 0 Å². The first-order valence-corrected chi connectivity index (χ1v) is 5.04. The van der Waals surface area contributed by atoms with Crippen molar-refractivity contribution in [2.45, 2.75) is 46.0 Å². The van der Waals surface area contributed by atoms with E-state index in [4.69, 9.17) is 0 Å². The first-order valence-electron chi connectivity index (χ1n) is 5.04. The van der Waals surface area contributed by atoms with Crippen molar-refractivity contribution in [3.8, 4) is 0 Å². The predicted molar refractivity (Wildman–Crippen MR) is 51.5 cm³/mol. The highest BCUT2D eigenvalue weighted by Gasteiger charge is 2.10. The van der Waals surface area contributed by atoms with Gasteiger partial charge in [-0.2, -0.15) is 4.89 Å². The molecule has 14 heavy (non-hydrogen) atoms. The van der Waals surface area contributed by atoms with Crippen LogP contribution >= 0.6 is 0 Å². The van der Waals surface area contributed by atoms with Crippen LogP contribution in [-0.2, 0) is 19.4 Å². The molecule has 0 aliphatic rings. The molecule has 0 spiro atoms. The Morgan fingerprint density at radius 3 is 2.43 bits per heavy atom. The van der Waals surface area contributed by atoms with E-state index >= 15 is 0 Å². The number of carbonyl (C=O) groups excluding carboxylic acids is 2. The van der Waals surface area contributed by atoms with E-state index in [0.29, 0.717) is 13.0 Å². The molecule has 0 N–H and O–H groups in total. The van der Waals surface area contributed by atoms with Crippen LogP contribution in [0.3, 0.4) is 0 Å². The Bertz CT molecular complexity index is 177. The lowest BCUT2D eigenvalue weighted by atomic mass is 10.2. The fraction of sp³-hybridized carbons (Fsp3) is 0.800. The van der Waals surface area contributed by atoms with Crippen LogP contribution in [-0.4, -0.2) is 18.4 Å². The summed E-state index contributed by atoms with van der Waals surface area (Å²) in [5.74, 6) is -0.698. The summed E-state index contributed by atoms with van der Waals surface area (Å²) in [6.07, 6.45) is 2.81. The Balaban J connectivity index is 3.40. The highest BCUT2D eigenvalue weighted by atomic mass is 17.2. The quantitative estimate of drug-likeness (QED) is 0.261. The molecule has 0 bridgehead atoms. The second kappa shape index (κ2) is 8.69. The molecule has 0 aromatic heterocycles. The van der Waals surface area contributed by atoms with Crippen molar-refractivity contribution in [3.63, 3.8) is 0 Å². The summed E-state index contributed by atoms with van der Waals surface area (Å²) in [6.45, 7) is 4.29. The number of hydrogen-bond donors (Lipinski definition) is 0. The van der Waals surface area contributed by atoms with E-state index in [2.05, 4.69) is 9.78 Å². The maximum absolute atomic E-state index is 11.0. The summed E-state index contributed by atoms with van der Waals surface area (Å²) in [4.78, 5) is 30.9. The van der Waals surface area contributed by atoms with Crippen LogP contribution in [0.5, 0.6) is 0 Å². The van der Waals surface area contributed by atoms with Crippen LogP contribution in [0.4, 0.5) is 0 Å². The van der Waals surface area contributed by atoms with Crippen molar-refractivity contribution in [3.05, 3.63) is 0 Å². The van der Waals surface area contributed by atoms with Gasteiger partial charge in [-0.3, -0.25) is 9.68 Å². The minimum absolute atomic E-state index is 0.100. The lowest BCUT2D eigenvalue weighted by Crippen LogP contribution is -2.11. The summed E-state index contributed by atoms with van der Waals surface area (Å²) >= 11 is 0. The molecule has 0 aliphatic heterocycles. The molecule has 0 atom stereocenters. The number of rotatable bonds is 8. The largest absolute Gasteiger partial charge is 0.349 e. The normalized spacial score (nSPS) is 9.86. The summed E-state index contributed by atoms with van der Waals surface area (Å²) < 4.78 is 0. The third-order valence-electron chi connectivity index (χ3n) is 1.60. The molecule has 0 unspecified atom stereocenters. The monoisotopic (exact) mass is 202 g/mol. The molecular weight excluding hydrogens is 184 g/mol. The highest BCUT2D eigenvalue weighted by Crippen LogP contribution is 1.97. The number of carbonyl (C=O) groups is 2. The number of Topliss-reactive ketones (excluding diaryl/α,β-unsaturated/α-hetero) is 1. The second-order valence-corrected chi connectivity index (χ2v) is 3.10. The molecule has 0 rings (SSSR count). The van der Waals surface area contributed by atoms with Crippen molar-refractivity contribution < 1.29 is 19.4 Å². The molecule has 0 saturated heterocycles. The molecule has 0 radical (unpaired) electrons. The number of ketones is 1. The molecule has 4 nitrogen and oxygen atoms in total. The van der Waals surface area contributed by atoms with Crippen molar-refractivity contribution in [1.82, 2.24) is 0 Å². The van der Waals surface area contributed by atoms with Crippen LogP contribution in [0.1, 0.15) is 46.0 Å². The molecule has 0 heterocycles. The maximum atomic E-state index is 11.0.